The van der Waals surface area contributed by atoms with Gasteiger partial charge in [-0.05, 0) is 94.8 Å². The van der Waals surface area contributed by atoms with Gasteiger partial charge in [-0.3, -0.25) is 29.8 Å². The fraction of sp³-hybridized carbons (Fsp3) is 0.300. The Morgan fingerprint density at radius 3 is 1.23 bits per heavy atom. The number of nitrogens with one attached hydrogen (secondary N) is 2. The molecular weight excluding hydrogens is 664 g/mol. The highest BCUT2D eigenvalue weighted by Gasteiger charge is 2.18. The van der Waals surface area contributed by atoms with Gasteiger partial charge in [0.05, 0.1) is 0 Å². The summed E-state index contributed by atoms with van der Waals surface area (Å²) in [6, 6.07) is 19.3. The summed E-state index contributed by atoms with van der Waals surface area (Å²) in [6.45, 7) is 11.0. The maximum atomic E-state index is 12.8. The molecule has 12 heteroatoms. The van der Waals surface area contributed by atoms with E-state index in [1.807, 2.05) is 0 Å². The van der Waals surface area contributed by atoms with Gasteiger partial charge in [0.1, 0.15) is 11.2 Å². The summed E-state index contributed by atoms with van der Waals surface area (Å²) in [4.78, 5) is 77.3. The fourth-order valence-electron chi connectivity index (χ4n) is 4.28. The SMILES string of the molecule is CN(Cc1ccc(NC(=O)OC(C)(C)C)cc1)C(=O)C#CC(=O)c1cccc(C(=O)C#CC(=O)N(C)Cc2ccc(NC(=O)OC(C)(C)C)cc2)c1. The second-order valence-electron chi connectivity index (χ2n) is 13.7. The largest absolute Gasteiger partial charge is 0.444 e. The van der Waals surface area contributed by atoms with Crippen molar-refractivity contribution in [3.63, 3.8) is 0 Å². The van der Waals surface area contributed by atoms with Gasteiger partial charge in [-0.1, -0.05) is 42.5 Å². The van der Waals surface area contributed by atoms with Gasteiger partial charge >= 0.3 is 12.2 Å². The van der Waals surface area contributed by atoms with Gasteiger partial charge in [-0.15, -0.1) is 0 Å². The number of hydrogen-bond acceptors (Lipinski definition) is 8. The number of carbonyl (C=O) groups excluding carboxylic acids is 6. The third-order valence-corrected chi connectivity index (χ3v) is 6.68. The number of rotatable bonds is 8. The van der Waals surface area contributed by atoms with Crippen molar-refractivity contribution < 1.29 is 38.2 Å². The van der Waals surface area contributed by atoms with Gasteiger partial charge in [-0.2, -0.15) is 0 Å². The number of benzene rings is 3. The number of anilines is 2. The van der Waals surface area contributed by atoms with Crippen molar-refractivity contribution in [3.8, 4) is 23.7 Å². The summed E-state index contributed by atoms with van der Waals surface area (Å²) in [6.07, 6.45) is -1.16. The first-order chi connectivity index (χ1) is 24.3. The lowest BCUT2D eigenvalue weighted by Crippen LogP contribution is -2.27. The molecule has 3 aromatic rings. The fourth-order valence-corrected chi connectivity index (χ4v) is 4.28. The minimum atomic E-state index is -0.676. The van der Waals surface area contributed by atoms with Crippen LogP contribution in [-0.2, 0) is 32.2 Å². The van der Waals surface area contributed by atoms with E-state index in [0.29, 0.717) is 11.4 Å². The van der Waals surface area contributed by atoms with Crippen molar-refractivity contribution in [2.45, 2.75) is 65.8 Å². The molecule has 3 aromatic carbocycles. The zero-order valence-corrected chi connectivity index (χ0v) is 30.5. The predicted octanol–water partition coefficient (Wildman–Crippen LogP) is 6.07. The Labute approximate surface area is 303 Å². The van der Waals surface area contributed by atoms with Gasteiger partial charge in [0, 0.05) is 61.5 Å². The lowest BCUT2D eigenvalue weighted by atomic mass is 10.0. The Bertz CT molecular complexity index is 1810. The second-order valence-corrected chi connectivity index (χ2v) is 13.7. The van der Waals surface area contributed by atoms with Crippen LogP contribution >= 0.6 is 0 Å². The molecule has 0 unspecified atom stereocenters. The van der Waals surface area contributed by atoms with Gasteiger partial charge in [0.15, 0.2) is 0 Å². The van der Waals surface area contributed by atoms with E-state index in [2.05, 4.69) is 34.3 Å². The van der Waals surface area contributed by atoms with Gasteiger partial charge in [-0.25, -0.2) is 9.59 Å². The first-order valence-electron chi connectivity index (χ1n) is 16.2. The number of amides is 4. The van der Waals surface area contributed by atoms with Crippen LogP contribution in [0.25, 0.3) is 0 Å². The molecule has 0 aliphatic carbocycles. The standard InChI is InChI=1S/C40H42N4O8/c1-39(2,3)51-37(49)41-31-16-12-27(13-17-31)25-43(7)35(47)22-20-33(45)29-10-9-11-30(24-29)34(46)21-23-36(48)44(8)26-28-14-18-32(19-15-28)42-38(50)52-40(4,5)6/h9-19,24H,25-26H2,1-8H3,(H,41,49)(H,42,50). The molecule has 0 bridgehead atoms. The van der Waals surface area contributed by atoms with Gasteiger partial charge < -0.3 is 19.3 Å². The van der Waals surface area contributed by atoms with Crippen LogP contribution in [0.3, 0.4) is 0 Å². The normalized spacial score (nSPS) is 10.6. The summed E-state index contributed by atoms with van der Waals surface area (Å²) >= 11 is 0. The summed E-state index contributed by atoms with van der Waals surface area (Å²) in [7, 11) is 3.07. The highest BCUT2D eigenvalue weighted by Crippen LogP contribution is 2.16. The Hall–Kier alpha value is -6.40. The highest BCUT2D eigenvalue weighted by atomic mass is 16.6. The smallest absolute Gasteiger partial charge is 0.412 e. The Morgan fingerprint density at radius 2 is 0.904 bits per heavy atom. The number of Topliss-reactive ketones (excluding diaryl/α,β-unsaturated/α-hetero) is 2. The molecule has 0 aliphatic heterocycles. The van der Waals surface area contributed by atoms with Crippen LogP contribution in [0.1, 0.15) is 73.4 Å². The Balaban J connectivity index is 1.53. The molecule has 270 valence electrons. The Morgan fingerprint density at radius 1 is 0.558 bits per heavy atom. The lowest BCUT2D eigenvalue weighted by molar-refractivity contribution is -0.125. The molecule has 2 N–H and O–H groups in total. The van der Waals surface area contributed by atoms with E-state index in [1.165, 1.54) is 48.2 Å². The quantitative estimate of drug-likeness (QED) is 0.163. The van der Waals surface area contributed by atoms with E-state index in [-0.39, 0.29) is 24.2 Å². The van der Waals surface area contributed by atoms with Crippen molar-refractivity contribution in [1.29, 1.82) is 0 Å². The lowest BCUT2D eigenvalue weighted by Gasteiger charge is -2.20. The molecule has 0 heterocycles. The Kier molecular flexibility index (Phi) is 13.5. The summed E-state index contributed by atoms with van der Waals surface area (Å²) in [5.74, 6) is 6.73. The van der Waals surface area contributed by atoms with Crippen LogP contribution in [0.4, 0.5) is 21.0 Å². The van der Waals surface area contributed by atoms with E-state index in [0.717, 1.165) is 11.1 Å². The monoisotopic (exact) mass is 706 g/mol. The average Bonchev–Trinajstić information content (AvgIpc) is 3.05. The minimum absolute atomic E-state index is 0.0803. The molecule has 0 aliphatic rings. The van der Waals surface area contributed by atoms with Gasteiger partial charge in [0.25, 0.3) is 11.8 Å². The molecule has 3 rings (SSSR count). The number of carbonyl (C=O) groups is 6. The highest BCUT2D eigenvalue weighted by molar-refractivity contribution is 6.16. The molecule has 0 radical (unpaired) electrons. The molecule has 0 saturated heterocycles. The maximum Gasteiger partial charge on any atom is 0.412 e. The first-order valence-corrected chi connectivity index (χ1v) is 16.2. The summed E-state index contributed by atoms with van der Waals surface area (Å²) in [5, 5.41) is 5.27. The van der Waals surface area contributed by atoms with Crippen LogP contribution in [0, 0.1) is 23.7 Å². The third-order valence-electron chi connectivity index (χ3n) is 6.68. The van der Waals surface area contributed by atoms with Crippen molar-refractivity contribution in [2.24, 2.45) is 0 Å². The van der Waals surface area contributed by atoms with E-state index >= 15 is 0 Å². The topological polar surface area (TPSA) is 151 Å². The molecule has 0 spiro atoms. The van der Waals surface area contributed by atoms with E-state index in [9.17, 15) is 28.8 Å². The zero-order valence-electron chi connectivity index (χ0n) is 30.5. The molecule has 0 atom stereocenters. The number of nitrogens with zero attached hydrogens (tertiary/aromatic N) is 2. The van der Waals surface area contributed by atoms with E-state index in [1.54, 1.807) is 90.1 Å². The van der Waals surface area contributed by atoms with E-state index < -0.39 is 46.8 Å². The van der Waals surface area contributed by atoms with Crippen LogP contribution in [0.15, 0.2) is 72.8 Å². The number of hydrogen-bond donors (Lipinski definition) is 2. The van der Waals surface area contributed by atoms with Crippen molar-refractivity contribution in [3.05, 3.63) is 95.1 Å². The second kappa shape index (κ2) is 17.5. The van der Waals surface area contributed by atoms with Gasteiger partial charge in [0.2, 0.25) is 11.6 Å². The molecule has 0 fully saturated rings. The molecule has 4 amide bonds. The van der Waals surface area contributed by atoms with Crippen LogP contribution < -0.4 is 10.6 Å². The molecule has 0 saturated carbocycles. The maximum absolute atomic E-state index is 12.8. The molecule has 0 aromatic heterocycles. The van der Waals surface area contributed by atoms with Crippen LogP contribution in [0.5, 0.6) is 0 Å². The number of ether oxygens (including phenoxy) is 2. The predicted molar refractivity (Wildman–Crippen MR) is 196 cm³/mol. The van der Waals surface area contributed by atoms with Crippen molar-refractivity contribution in [1.82, 2.24) is 9.80 Å². The molecule has 12 nitrogen and oxygen atoms in total. The van der Waals surface area contributed by atoms with Crippen LogP contribution in [0.2, 0.25) is 0 Å². The van der Waals surface area contributed by atoms with E-state index in [4.69, 9.17) is 9.47 Å². The van der Waals surface area contributed by atoms with Crippen molar-refractivity contribution in [2.75, 3.05) is 24.7 Å². The number of ketones is 2. The molecular formula is C40H42N4O8. The zero-order chi connectivity index (χ0) is 38.6. The molecule has 52 heavy (non-hydrogen) atoms. The summed E-state index contributed by atoms with van der Waals surface area (Å²) < 4.78 is 10.5. The minimum Gasteiger partial charge on any atom is -0.444 e. The first kappa shape index (κ1) is 40.0. The van der Waals surface area contributed by atoms with Crippen LogP contribution in [-0.4, -0.2) is 70.7 Å². The third kappa shape index (κ3) is 13.8. The van der Waals surface area contributed by atoms with Crippen molar-refractivity contribution >= 4 is 46.9 Å². The summed E-state index contributed by atoms with van der Waals surface area (Å²) in [5.41, 5.74) is 1.48. The average molecular weight is 707 g/mol.